The molecule has 0 fully saturated rings. The number of phosphoric ester groups is 1. The maximum Gasteiger partial charge on any atom is 0.472 e. The Morgan fingerprint density at radius 1 is 0.322 bits per heavy atom. The van der Waals surface area contributed by atoms with Crippen LogP contribution < -0.4 is 5.73 Å². The van der Waals surface area contributed by atoms with E-state index in [4.69, 9.17) is 24.3 Å². The zero-order chi connectivity index (χ0) is 65.1. The molecule has 3 N–H and O–H groups in total. The Kier molecular flexibility index (Phi) is 75.7. The molecule has 0 heterocycles. The van der Waals surface area contributed by atoms with Gasteiger partial charge in [0.05, 0.1) is 13.2 Å². The first-order valence-electron chi connectivity index (χ1n) is 40.7. The van der Waals surface area contributed by atoms with Gasteiger partial charge in [-0.3, -0.25) is 18.6 Å². The van der Waals surface area contributed by atoms with E-state index in [9.17, 15) is 19.0 Å². The van der Waals surface area contributed by atoms with Gasteiger partial charge in [0.2, 0.25) is 0 Å². The van der Waals surface area contributed by atoms with E-state index < -0.39 is 26.5 Å². The third-order valence-corrected chi connectivity index (χ3v) is 19.9. The summed E-state index contributed by atoms with van der Waals surface area (Å²) in [4.78, 5) is 35.5. The summed E-state index contributed by atoms with van der Waals surface area (Å²) in [5.74, 6) is -0.796. The topological polar surface area (TPSA) is 134 Å². The van der Waals surface area contributed by atoms with Gasteiger partial charge in [-0.2, -0.15) is 0 Å². The smallest absolute Gasteiger partial charge is 0.462 e. The highest BCUT2D eigenvalue weighted by atomic mass is 31.2. The molecule has 0 bridgehead atoms. The third kappa shape index (κ3) is 75.8. The van der Waals surface area contributed by atoms with E-state index in [-0.39, 0.29) is 38.6 Å². The zero-order valence-corrected chi connectivity index (χ0v) is 61.6. The number of hydrogen-bond donors (Lipinski definition) is 2. The molecule has 0 aromatic heterocycles. The molecule has 0 rings (SSSR count). The summed E-state index contributed by atoms with van der Waals surface area (Å²) < 4.78 is 33.3. The fourth-order valence-electron chi connectivity index (χ4n) is 12.9. The molecule has 0 aliphatic carbocycles. The predicted molar refractivity (Wildman–Crippen MR) is 391 cm³/mol. The van der Waals surface area contributed by atoms with Crippen molar-refractivity contribution >= 4 is 19.8 Å². The SMILES string of the molecule is CCCCCCCCCC/C=C\CCCCCCCCCCCCCCCCCCCCCCCCCCCC(=O)OC(COC(=O)CCCCCCCCCCCCCCCCCCCCCCCCCCCCCCCCCC)COP(=O)(O)OCCN. The van der Waals surface area contributed by atoms with Gasteiger partial charge >= 0.3 is 19.8 Å². The summed E-state index contributed by atoms with van der Waals surface area (Å²) in [5, 5.41) is 0. The summed E-state index contributed by atoms with van der Waals surface area (Å²) in [6.45, 7) is 3.85. The van der Waals surface area contributed by atoms with Crippen molar-refractivity contribution in [3.8, 4) is 0 Å². The van der Waals surface area contributed by atoms with Crippen LogP contribution in [-0.4, -0.2) is 49.3 Å². The van der Waals surface area contributed by atoms with Crippen molar-refractivity contribution in [2.75, 3.05) is 26.4 Å². The normalized spacial score (nSPS) is 12.8. The molecule has 0 aromatic carbocycles. The largest absolute Gasteiger partial charge is 0.472 e. The third-order valence-electron chi connectivity index (χ3n) is 18.9. The van der Waals surface area contributed by atoms with Gasteiger partial charge in [0.1, 0.15) is 6.61 Å². The van der Waals surface area contributed by atoms with E-state index in [1.165, 1.54) is 392 Å². The van der Waals surface area contributed by atoms with Crippen LogP contribution in [0.2, 0.25) is 0 Å². The Morgan fingerprint density at radius 2 is 0.544 bits per heavy atom. The first kappa shape index (κ1) is 88.8. The van der Waals surface area contributed by atoms with Gasteiger partial charge in [0.15, 0.2) is 6.10 Å². The van der Waals surface area contributed by atoms with E-state index in [2.05, 4.69) is 26.0 Å². The molecular formula is C80H158NO8P. The predicted octanol–water partition coefficient (Wildman–Crippen LogP) is 27.0. The highest BCUT2D eigenvalue weighted by Gasteiger charge is 2.26. The van der Waals surface area contributed by atoms with Crippen molar-refractivity contribution < 1.29 is 37.6 Å². The van der Waals surface area contributed by atoms with E-state index in [0.717, 1.165) is 32.1 Å². The summed E-state index contributed by atoms with van der Waals surface area (Å²) in [6, 6.07) is 0. The Bertz CT molecular complexity index is 1480. The lowest BCUT2D eigenvalue weighted by molar-refractivity contribution is -0.161. The molecule has 0 saturated carbocycles. The molecule has 2 unspecified atom stereocenters. The molecule has 0 aromatic rings. The highest BCUT2D eigenvalue weighted by Crippen LogP contribution is 2.43. The lowest BCUT2D eigenvalue weighted by Gasteiger charge is -2.19. The molecule has 0 amide bonds. The number of carbonyl (C=O) groups is 2. The summed E-state index contributed by atoms with van der Waals surface area (Å²) in [5.41, 5.74) is 5.42. The molecule has 90 heavy (non-hydrogen) atoms. The van der Waals surface area contributed by atoms with Crippen LogP contribution in [0.25, 0.3) is 0 Å². The molecule has 10 heteroatoms. The molecule has 2 atom stereocenters. The highest BCUT2D eigenvalue weighted by molar-refractivity contribution is 7.47. The molecule has 536 valence electrons. The summed E-state index contributed by atoms with van der Waals surface area (Å²) in [7, 11) is -4.39. The number of esters is 2. The second-order valence-corrected chi connectivity index (χ2v) is 29.5. The van der Waals surface area contributed by atoms with Gasteiger partial charge in [-0.05, 0) is 38.5 Å². The van der Waals surface area contributed by atoms with Gasteiger partial charge in [-0.15, -0.1) is 0 Å². The maximum absolute atomic E-state index is 12.8. The van der Waals surface area contributed by atoms with E-state index in [1.54, 1.807) is 0 Å². The van der Waals surface area contributed by atoms with Crippen LogP contribution in [0, 0.1) is 0 Å². The van der Waals surface area contributed by atoms with Gasteiger partial charge in [-0.25, -0.2) is 4.57 Å². The van der Waals surface area contributed by atoms with Crippen LogP contribution in [-0.2, 0) is 32.7 Å². The first-order chi connectivity index (χ1) is 44.3. The van der Waals surface area contributed by atoms with Gasteiger partial charge in [0.25, 0.3) is 0 Å². The molecule has 9 nitrogen and oxygen atoms in total. The number of ether oxygens (including phenoxy) is 2. The Morgan fingerprint density at radius 3 is 0.789 bits per heavy atom. The first-order valence-corrected chi connectivity index (χ1v) is 42.2. The second kappa shape index (κ2) is 76.8. The fraction of sp³-hybridized carbons (Fsp3) is 0.950. The number of unbranched alkanes of at least 4 members (excludes halogenated alkanes) is 64. The monoisotopic (exact) mass is 1290 g/mol. The number of rotatable bonds is 79. The van der Waals surface area contributed by atoms with Crippen LogP contribution in [0.4, 0.5) is 0 Å². The van der Waals surface area contributed by atoms with Crippen molar-refractivity contribution in [2.45, 2.75) is 463 Å². The number of allylic oxidation sites excluding steroid dienone is 2. The molecule has 0 spiro atoms. The standard InChI is InChI=1S/C80H158NO8P/c1-3-5-7-9-11-13-15-17-19-21-23-25-27-29-31-33-35-37-38-39-40-41-43-45-47-49-51-53-55-57-59-61-63-65-67-69-71-73-80(83)89-78(77-88-90(84,85)87-75-74-81)76-86-79(82)72-70-68-66-64-62-60-58-56-54-52-50-48-46-44-42-36-34-32-30-28-26-24-22-20-18-16-14-12-10-8-6-4-2/h21,23,78H,3-20,22,24-77,81H2,1-2H3,(H,84,85)/b23-21-. The lowest BCUT2D eigenvalue weighted by Crippen LogP contribution is -2.29. The van der Waals surface area contributed by atoms with Crippen LogP contribution in [0.3, 0.4) is 0 Å². The van der Waals surface area contributed by atoms with Crippen molar-refractivity contribution in [3.63, 3.8) is 0 Å². The van der Waals surface area contributed by atoms with Crippen LogP contribution in [0.15, 0.2) is 12.2 Å². The number of phosphoric acid groups is 1. The number of carbonyl (C=O) groups excluding carboxylic acids is 2. The molecule has 0 saturated heterocycles. The zero-order valence-electron chi connectivity index (χ0n) is 60.7. The van der Waals surface area contributed by atoms with E-state index in [1.807, 2.05) is 0 Å². The minimum absolute atomic E-state index is 0.0583. The fourth-order valence-corrected chi connectivity index (χ4v) is 13.6. The van der Waals surface area contributed by atoms with Gasteiger partial charge in [0, 0.05) is 19.4 Å². The van der Waals surface area contributed by atoms with E-state index >= 15 is 0 Å². The number of nitrogens with two attached hydrogens (primary N) is 1. The minimum Gasteiger partial charge on any atom is -0.462 e. The average molecular weight is 1290 g/mol. The Balaban J connectivity index is 3.72. The van der Waals surface area contributed by atoms with Gasteiger partial charge < -0.3 is 20.1 Å². The van der Waals surface area contributed by atoms with Crippen molar-refractivity contribution in [3.05, 3.63) is 12.2 Å². The Labute approximate surface area is 561 Å². The molecule has 0 radical (unpaired) electrons. The molecule has 0 aliphatic heterocycles. The minimum atomic E-state index is -4.39. The quantitative estimate of drug-likeness (QED) is 0.0264. The van der Waals surface area contributed by atoms with Crippen molar-refractivity contribution in [1.82, 2.24) is 0 Å². The lowest BCUT2D eigenvalue weighted by atomic mass is 10.0. The van der Waals surface area contributed by atoms with Crippen LogP contribution in [0.5, 0.6) is 0 Å². The van der Waals surface area contributed by atoms with Gasteiger partial charge in [-0.1, -0.05) is 418 Å². The van der Waals surface area contributed by atoms with Crippen LogP contribution >= 0.6 is 7.82 Å². The van der Waals surface area contributed by atoms with E-state index in [0.29, 0.717) is 6.42 Å². The van der Waals surface area contributed by atoms with Crippen molar-refractivity contribution in [1.29, 1.82) is 0 Å². The summed E-state index contributed by atoms with van der Waals surface area (Å²) in [6.07, 6.45) is 95.1. The second-order valence-electron chi connectivity index (χ2n) is 28.0. The maximum atomic E-state index is 12.8. The molecular weight excluding hydrogens is 1130 g/mol. The van der Waals surface area contributed by atoms with Crippen molar-refractivity contribution in [2.24, 2.45) is 5.73 Å². The number of hydrogen-bond acceptors (Lipinski definition) is 8. The summed E-state index contributed by atoms with van der Waals surface area (Å²) >= 11 is 0. The Hall–Kier alpha value is -1.25. The molecule has 0 aliphatic rings. The average Bonchev–Trinajstić information content (AvgIpc) is 3.75. The van der Waals surface area contributed by atoms with Crippen LogP contribution in [0.1, 0.15) is 457 Å².